The number of aryl methyl sites for hydroxylation is 1. The third kappa shape index (κ3) is 6.34. The Morgan fingerprint density at radius 2 is 1.97 bits per heavy atom. The molecule has 2 fully saturated rings. The molecular formula is C20H34N4O4S. The summed E-state index contributed by atoms with van der Waals surface area (Å²) in [6.07, 6.45) is 8.77. The van der Waals surface area contributed by atoms with Gasteiger partial charge in [-0.15, -0.1) is 0 Å². The van der Waals surface area contributed by atoms with E-state index >= 15 is 0 Å². The second kappa shape index (κ2) is 10.1. The number of piperidine rings is 1. The number of ether oxygens (including phenoxy) is 2. The number of sulfonamides is 1. The van der Waals surface area contributed by atoms with E-state index in [-0.39, 0.29) is 18.2 Å². The van der Waals surface area contributed by atoms with E-state index < -0.39 is 10.0 Å². The number of nitrogens with zero attached hydrogens (tertiary/aromatic N) is 2. The summed E-state index contributed by atoms with van der Waals surface area (Å²) in [6.45, 7) is 6.01. The van der Waals surface area contributed by atoms with Crippen molar-refractivity contribution in [3.05, 3.63) is 17.6 Å². The molecule has 164 valence electrons. The molecule has 0 radical (unpaired) electrons. The Balaban J connectivity index is 1.52. The number of hydrogen-bond donors (Lipinski definition) is 2. The summed E-state index contributed by atoms with van der Waals surface area (Å²) in [5.41, 5.74) is 2.13. The van der Waals surface area contributed by atoms with Gasteiger partial charge >= 0.3 is 0 Å². The summed E-state index contributed by atoms with van der Waals surface area (Å²) in [4.78, 5) is 8.69. The van der Waals surface area contributed by atoms with Crippen LogP contribution in [0.4, 0.5) is 0 Å². The van der Waals surface area contributed by atoms with Crippen LogP contribution in [0.15, 0.2) is 6.33 Å². The maximum Gasteiger partial charge on any atom is 0.220 e. The van der Waals surface area contributed by atoms with E-state index in [1.165, 1.54) is 6.26 Å². The molecule has 0 unspecified atom stereocenters. The summed E-state index contributed by atoms with van der Waals surface area (Å²) < 4.78 is 37.9. The molecule has 0 bridgehead atoms. The quantitative estimate of drug-likeness (QED) is 0.654. The average Bonchev–Trinajstić information content (AvgIpc) is 2.67. The van der Waals surface area contributed by atoms with E-state index in [1.807, 2.05) is 13.8 Å². The van der Waals surface area contributed by atoms with Crippen LogP contribution < -0.4 is 14.8 Å². The van der Waals surface area contributed by atoms with Crippen molar-refractivity contribution in [2.75, 3.05) is 26.0 Å². The number of hydrogen-bond acceptors (Lipinski definition) is 7. The lowest BCUT2D eigenvalue weighted by molar-refractivity contribution is 0.00502. The third-order valence-electron chi connectivity index (χ3n) is 5.87. The Morgan fingerprint density at radius 3 is 2.66 bits per heavy atom. The zero-order chi connectivity index (χ0) is 20.9. The van der Waals surface area contributed by atoms with Gasteiger partial charge in [0.25, 0.3) is 0 Å². The second-order valence-corrected chi connectivity index (χ2v) is 9.90. The maximum atomic E-state index is 11.6. The van der Waals surface area contributed by atoms with Crippen molar-refractivity contribution in [3.63, 3.8) is 0 Å². The van der Waals surface area contributed by atoms with E-state index in [0.717, 1.165) is 56.3 Å². The van der Waals surface area contributed by atoms with Crippen LogP contribution in [-0.4, -0.2) is 62.6 Å². The molecule has 9 heteroatoms. The Morgan fingerprint density at radius 1 is 1.21 bits per heavy atom. The van der Waals surface area contributed by atoms with Crippen LogP contribution in [0.3, 0.4) is 0 Å². The highest BCUT2D eigenvalue weighted by atomic mass is 32.2. The zero-order valence-corrected chi connectivity index (χ0v) is 18.5. The van der Waals surface area contributed by atoms with Crippen molar-refractivity contribution in [3.8, 4) is 5.88 Å². The lowest BCUT2D eigenvalue weighted by Crippen LogP contribution is -2.55. The summed E-state index contributed by atoms with van der Waals surface area (Å²) in [5, 5.41) is 3.41. The topological polar surface area (TPSA) is 102 Å². The van der Waals surface area contributed by atoms with Crippen molar-refractivity contribution in [2.24, 2.45) is 0 Å². The normalized spacial score (nSPS) is 28.2. The number of rotatable bonds is 8. The SMILES string of the molecule is CCOc1ncnc(C)c1[C@H]1CC[C@@H](OC[C@@H]2NCCC[C@@H]2NS(C)(=O)=O)CC1. The Hall–Kier alpha value is -1.29. The van der Waals surface area contributed by atoms with E-state index in [9.17, 15) is 8.42 Å². The van der Waals surface area contributed by atoms with Crippen LogP contribution >= 0.6 is 0 Å². The van der Waals surface area contributed by atoms with E-state index in [4.69, 9.17) is 9.47 Å². The van der Waals surface area contributed by atoms with Gasteiger partial charge in [-0.05, 0) is 64.8 Å². The molecule has 3 rings (SSSR count). The Kier molecular flexibility index (Phi) is 7.84. The molecule has 2 heterocycles. The molecule has 2 atom stereocenters. The number of aromatic nitrogens is 2. The minimum Gasteiger partial charge on any atom is -0.478 e. The lowest BCUT2D eigenvalue weighted by Gasteiger charge is -2.35. The summed E-state index contributed by atoms with van der Waals surface area (Å²) >= 11 is 0. The van der Waals surface area contributed by atoms with Gasteiger partial charge in [0, 0.05) is 23.3 Å². The summed E-state index contributed by atoms with van der Waals surface area (Å²) in [6, 6.07) is -0.0847. The highest BCUT2D eigenvalue weighted by Crippen LogP contribution is 2.38. The minimum absolute atomic E-state index is 0.0190. The van der Waals surface area contributed by atoms with E-state index in [2.05, 4.69) is 20.0 Å². The van der Waals surface area contributed by atoms with Gasteiger partial charge in [-0.1, -0.05) is 0 Å². The molecule has 29 heavy (non-hydrogen) atoms. The predicted octanol–water partition coefficient (Wildman–Crippen LogP) is 1.90. The molecule has 1 aromatic heterocycles. The minimum atomic E-state index is -3.22. The van der Waals surface area contributed by atoms with Crippen molar-refractivity contribution >= 4 is 10.0 Å². The van der Waals surface area contributed by atoms with Gasteiger partial charge in [-0.3, -0.25) is 0 Å². The molecule has 2 N–H and O–H groups in total. The fraction of sp³-hybridized carbons (Fsp3) is 0.800. The van der Waals surface area contributed by atoms with Crippen LogP contribution in [0.2, 0.25) is 0 Å². The van der Waals surface area contributed by atoms with Gasteiger partial charge in [-0.25, -0.2) is 23.1 Å². The molecule has 2 aliphatic rings. The Labute approximate surface area is 174 Å². The molecule has 1 saturated heterocycles. The standard InChI is InChI=1S/C20H34N4O4S/c1-4-27-20-19(14(2)22-13-23-20)15-7-9-16(10-8-15)28-12-18-17(6-5-11-21-18)24-29(3,25)26/h13,15-18,21,24H,4-12H2,1-3H3/t15-,16+,17-,18-/m0/s1. The van der Waals surface area contributed by atoms with Crippen LogP contribution in [0.25, 0.3) is 0 Å². The first-order valence-corrected chi connectivity index (χ1v) is 12.5. The Bertz CT molecular complexity index is 766. The summed E-state index contributed by atoms with van der Waals surface area (Å²) in [7, 11) is -3.22. The number of nitrogens with one attached hydrogen (secondary N) is 2. The van der Waals surface area contributed by atoms with E-state index in [0.29, 0.717) is 25.0 Å². The van der Waals surface area contributed by atoms with Crippen molar-refractivity contribution < 1.29 is 17.9 Å². The van der Waals surface area contributed by atoms with E-state index in [1.54, 1.807) is 6.33 Å². The fourth-order valence-corrected chi connectivity index (χ4v) is 5.32. The first kappa shape index (κ1) is 22.4. The highest BCUT2D eigenvalue weighted by molar-refractivity contribution is 7.88. The molecule has 1 saturated carbocycles. The molecule has 8 nitrogen and oxygen atoms in total. The monoisotopic (exact) mass is 426 g/mol. The van der Waals surface area contributed by atoms with Gasteiger partial charge in [-0.2, -0.15) is 0 Å². The zero-order valence-electron chi connectivity index (χ0n) is 17.7. The first-order valence-electron chi connectivity index (χ1n) is 10.6. The molecule has 0 aromatic carbocycles. The van der Waals surface area contributed by atoms with Crippen molar-refractivity contribution in [1.82, 2.24) is 20.0 Å². The maximum absolute atomic E-state index is 11.6. The van der Waals surface area contributed by atoms with Gasteiger partial charge in [0.05, 0.1) is 25.6 Å². The predicted molar refractivity (Wildman–Crippen MR) is 112 cm³/mol. The fourth-order valence-electron chi connectivity index (χ4n) is 4.49. The molecule has 0 spiro atoms. The van der Waals surface area contributed by atoms with Crippen molar-refractivity contribution in [2.45, 2.75) is 76.5 Å². The third-order valence-corrected chi connectivity index (χ3v) is 6.60. The summed E-state index contributed by atoms with van der Waals surface area (Å²) in [5.74, 6) is 1.11. The lowest BCUT2D eigenvalue weighted by atomic mass is 9.82. The van der Waals surface area contributed by atoms with Gasteiger partial charge in [0.15, 0.2) is 0 Å². The molecule has 1 aliphatic carbocycles. The van der Waals surface area contributed by atoms with Crippen LogP contribution in [-0.2, 0) is 14.8 Å². The van der Waals surface area contributed by atoms with Gasteiger partial charge < -0.3 is 14.8 Å². The molecular weight excluding hydrogens is 392 g/mol. The van der Waals surface area contributed by atoms with Crippen LogP contribution in [0.1, 0.15) is 62.6 Å². The first-order chi connectivity index (χ1) is 13.9. The van der Waals surface area contributed by atoms with Gasteiger partial charge in [0.2, 0.25) is 15.9 Å². The van der Waals surface area contributed by atoms with Crippen LogP contribution in [0, 0.1) is 6.92 Å². The average molecular weight is 427 g/mol. The molecule has 0 amide bonds. The van der Waals surface area contributed by atoms with Crippen molar-refractivity contribution in [1.29, 1.82) is 0 Å². The largest absolute Gasteiger partial charge is 0.478 e. The second-order valence-electron chi connectivity index (χ2n) is 8.12. The smallest absolute Gasteiger partial charge is 0.220 e. The van der Waals surface area contributed by atoms with Crippen LogP contribution in [0.5, 0.6) is 5.88 Å². The highest BCUT2D eigenvalue weighted by Gasteiger charge is 2.31. The molecule has 1 aromatic rings. The molecule has 1 aliphatic heterocycles. The van der Waals surface area contributed by atoms with Gasteiger partial charge in [0.1, 0.15) is 6.33 Å².